The van der Waals surface area contributed by atoms with Crippen molar-refractivity contribution in [2.45, 2.75) is 19.8 Å². The second-order valence-electron chi connectivity index (χ2n) is 2.88. The van der Waals surface area contributed by atoms with Crippen LogP contribution in [0.3, 0.4) is 0 Å². The third kappa shape index (κ3) is 2.22. The maximum Gasteiger partial charge on any atom is 0.374 e. The summed E-state index contributed by atoms with van der Waals surface area (Å²) in [5.74, 6) is -0.931. The lowest BCUT2D eigenvalue weighted by Gasteiger charge is -2.16. The molecule has 1 aliphatic heterocycles. The van der Waals surface area contributed by atoms with Crippen molar-refractivity contribution in [2.24, 2.45) is 0 Å². The van der Waals surface area contributed by atoms with Gasteiger partial charge in [0.2, 0.25) is 0 Å². The van der Waals surface area contributed by atoms with Gasteiger partial charge < -0.3 is 4.90 Å². The van der Waals surface area contributed by atoms with Crippen molar-refractivity contribution < 1.29 is 14.3 Å². The van der Waals surface area contributed by atoms with Crippen molar-refractivity contribution in [3.63, 3.8) is 0 Å². The molecule has 0 aromatic rings. The van der Waals surface area contributed by atoms with Gasteiger partial charge in [-0.3, -0.25) is 0 Å². The van der Waals surface area contributed by atoms with Crippen molar-refractivity contribution in [3.05, 3.63) is 11.8 Å². The Morgan fingerprint density at radius 3 is 2.58 bits per heavy atom. The maximum atomic E-state index is 11.3. The Bertz CT molecular complexity index is 197. The second-order valence-corrected chi connectivity index (χ2v) is 2.88. The minimum Gasteiger partial charge on any atom is -0.375 e. The number of carbonyl (C=O) groups excluding carboxylic acids is 1. The Morgan fingerprint density at radius 1 is 1.50 bits per heavy atom. The van der Waals surface area contributed by atoms with Gasteiger partial charge in [0.15, 0.2) is 0 Å². The van der Waals surface area contributed by atoms with E-state index in [1.54, 1.807) is 6.92 Å². The van der Waals surface area contributed by atoms with Gasteiger partial charge in [0, 0.05) is 29.4 Å². The molecule has 0 saturated carbocycles. The first-order chi connectivity index (χ1) is 5.74. The van der Waals surface area contributed by atoms with Crippen LogP contribution in [-0.4, -0.2) is 24.0 Å². The van der Waals surface area contributed by atoms with Crippen LogP contribution in [0.1, 0.15) is 19.8 Å². The van der Waals surface area contributed by atoms with E-state index in [1.165, 1.54) is 6.08 Å². The van der Waals surface area contributed by atoms with E-state index in [2.05, 4.69) is 4.94 Å². The third-order valence-electron chi connectivity index (χ3n) is 2.01. The molecule has 0 unspecified atom stereocenters. The normalized spacial score (nSPS) is 18.2. The van der Waals surface area contributed by atoms with Crippen molar-refractivity contribution in [1.29, 1.82) is 0 Å². The topological polar surface area (TPSA) is 29.5 Å². The molecular formula is C8H12FNO2. The Balaban J connectivity index is 2.49. The van der Waals surface area contributed by atoms with Crippen LogP contribution >= 0.6 is 0 Å². The van der Waals surface area contributed by atoms with Gasteiger partial charge in [-0.2, -0.15) is 0 Å². The standard InChI is InChI=1S/C8H12FNO2/c1-7(6-8(11)12-9)10-4-2-3-5-10/h6H,2-5H2,1H3/b7-6+. The fraction of sp³-hybridized carbons (Fsp3) is 0.625. The fourth-order valence-corrected chi connectivity index (χ4v) is 1.35. The third-order valence-corrected chi connectivity index (χ3v) is 2.01. The average molecular weight is 173 g/mol. The zero-order valence-corrected chi connectivity index (χ0v) is 7.05. The molecule has 1 rings (SSSR count). The summed E-state index contributed by atoms with van der Waals surface area (Å²) in [4.78, 5) is 15.6. The SMILES string of the molecule is C/C(=C\C(=O)OF)N1CCCC1. The summed E-state index contributed by atoms with van der Waals surface area (Å²) in [5.41, 5.74) is 0.773. The number of nitrogens with zero attached hydrogens (tertiary/aromatic N) is 1. The first-order valence-electron chi connectivity index (χ1n) is 4.00. The van der Waals surface area contributed by atoms with E-state index >= 15 is 0 Å². The molecule has 3 nitrogen and oxygen atoms in total. The van der Waals surface area contributed by atoms with Crippen molar-refractivity contribution in [1.82, 2.24) is 4.90 Å². The first kappa shape index (κ1) is 9.03. The number of hydrogen-bond donors (Lipinski definition) is 0. The maximum absolute atomic E-state index is 11.3. The van der Waals surface area contributed by atoms with Crippen LogP contribution < -0.4 is 0 Å². The summed E-state index contributed by atoms with van der Waals surface area (Å²) < 4.78 is 11.3. The highest BCUT2D eigenvalue weighted by Crippen LogP contribution is 2.13. The van der Waals surface area contributed by atoms with Gasteiger partial charge in [0.25, 0.3) is 0 Å². The highest BCUT2D eigenvalue weighted by molar-refractivity contribution is 5.81. The van der Waals surface area contributed by atoms with Crippen LogP contribution in [0.2, 0.25) is 0 Å². The van der Waals surface area contributed by atoms with Crippen LogP contribution in [0, 0.1) is 0 Å². The van der Waals surface area contributed by atoms with E-state index in [4.69, 9.17) is 0 Å². The molecule has 4 heteroatoms. The molecule has 1 fully saturated rings. The monoisotopic (exact) mass is 173 g/mol. The lowest BCUT2D eigenvalue weighted by Crippen LogP contribution is -2.17. The van der Waals surface area contributed by atoms with Crippen molar-refractivity contribution in [2.75, 3.05) is 13.1 Å². The predicted molar refractivity (Wildman–Crippen MR) is 41.8 cm³/mol. The van der Waals surface area contributed by atoms with Gasteiger partial charge >= 0.3 is 5.97 Å². The van der Waals surface area contributed by atoms with Gasteiger partial charge in [-0.1, -0.05) is 0 Å². The van der Waals surface area contributed by atoms with E-state index in [1.807, 2.05) is 4.90 Å². The molecule has 0 atom stereocenters. The second kappa shape index (κ2) is 4.09. The quantitative estimate of drug-likeness (QED) is 0.591. The summed E-state index contributed by atoms with van der Waals surface area (Å²) in [6, 6.07) is 0. The summed E-state index contributed by atoms with van der Waals surface area (Å²) >= 11 is 0. The lowest BCUT2D eigenvalue weighted by atomic mass is 10.4. The highest BCUT2D eigenvalue weighted by atomic mass is 19.3. The van der Waals surface area contributed by atoms with Crippen LogP contribution in [-0.2, 0) is 9.74 Å². The van der Waals surface area contributed by atoms with E-state index in [0.717, 1.165) is 31.6 Å². The molecule has 0 spiro atoms. The van der Waals surface area contributed by atoms with Crippen molar-refractivity contribution in [3.8, 4) is 0 Å². The van der Waals surface area contributed by atoms with Crippen LogP contribution in [0.4, 0.5) is 4.53 Å². The molecule has 0 N–H and O–H groups in total. The molecule has 1 heterocycles. The highest BCUT2D eigenvalue weighted by Gasteiger charge is 2.12. The van der Waals surface area contributed by atoms with E-state index in [0.29, 0.717) is 0 Å². The van der Waals surface area contributed by atoms with Gasteiger partial charge in [0.1, 0.15) is 0 Å². The minimum atomic E-state index is -0.931. The first-order valence-corrected chi connectivity index (χ1v) is 4.00. The molecular weight excluding hydrogens is 161 g/mol. The number of hydrogen-bond acceptors (Lipinski definition) is 3. The number of carbonyl (C=O) groups is 1. The number of likely N-dealkylation sites (tertiary alicyclic amines) is 1. The predicted octanol–water partition coefficient (Wildman–Crippen LogP) is 1.41. The molecule has 12 heavy (non-hydrogen) atoms. The van der Waals surface area contributed by atoms with E-state index in [-0.39, 0.29) is 0 Å². The average Bonchev–Trinajstić information content (AvgIpc) is 2.56. The molecule has 1 saturated heterocycles. The minimum absolute atomic E-state index is 0.773. The Labute approximate surface area is 70.7 Å². The molecule has 0 aromatic carbocycles. The van der Waals surface area contributed by atoms with Gasteiger partial charge in [-0.05, 0) is 19.8 Å². The molecule has 68 valence electrons. The van der Waals surface area contributed by atoms with Crippen LogP contribution in [0.5, 0.6) is 0 Å². The van der Waals surface area contributed by atoms with Gasteiger partial charge in [-0.15, -0.1) is 0 Å². The van der Waals surface area contributed by atoms with Gasteiger partial charge in [-0.25, -0.2) is 9.74 Å². The molecule has 0 aliphatic carbocycles. The van der Waals surface area contributed by atoms with E-state index < -0.39 is 5.97 Å². The molecule has 0 radical (unpaired) electrons. The zero-order chi connectivity index (χ0) is 8.97. The van der Waals surface area contributed by atoms with Crippen LogP contribution in [0.25, 0.3) is 0 Å². The number of halogens is 1. The Kier molecular flexibility index (Phi) is 3.08. The summed E-state index contributed by atoms with van der Waals surface area (Å²) in [6.07, 6.45) is 3.44. The number of allylic oxidation sites excluding steroid dienone is 1. The van der Waals surface area contributed by atoms with Crippen LogP contribution in [0.15, 0.2) is 11.8 Å². The summed E-state index contributed by atoms with van der Waals surface area (Å²) in [6.45, 7) is 3.67. The lowest BCUT2D eigenvalue weighted by molar-refractivity contribution is -0.176. The van der Waals surface area contributed by atoms with E-state index in [9.17, 15) is 9.32 Å². The number of rotatable bonds is 2. The largest absolute Gasteiger partial charge is 0.375 e. The summed E-state index contributed by atoms with van der Waals surface area (Å²) in [5, 5.41) is 0. The Morgan fingerprint density at radius 2 is 2.08 bits per heavy atom. The van der Waals surface area contributed by atoms with Crippen molar-refractivity contribution >= 4 is 5.97 Å². The van der Waals surface area contributed by atoms with Gasteiger partial charge in [0.05, 0.1) is 0 Å². The molecule has 0 aromatic heterocycles. The fourth-order valence-electron chi connectivity index (χ4n) is 1.35. The molecule has 0 bridgehead atoms. The zero-order valence-electron chi connectivity index (χ0n) is 7.05. The molecule has 1 aliphatic rings. The molecule has 0 amide bonds. The summed E-state index contributed by atoms with van der Waals surface area (Å²) in [7, 11) is 0. The smallest absolute Gasteiger partial charge is 0.374 e. The Hall–Kier alpha value is -1.06.